The van der Waals surface area contributed by atoms with E-state index in [0.29, 0.717) is 0 Å². The van der Waals surface area contributed by atoms with Crippen LogP contribution >= 0.6 is 0 Å². The number of benzene rings is 7. The third-order valence-electron chi connectivity index (χ3n) is 11.8. The van der Waals surface area contributed by atoms with Gasteiger partial charge in [0.15, 0.2) is 0 Å². The second-order valence-electron chi connectivity index (χ2n) is 15.7. The van der Waals surface area contributed by atoms with Gasteiger partial charge in [-0.05, 0) is 111 Å². The van der Waals surface area contributed by atoms with Crippen molar-refractivity contribution in [2.75, 3.05) is 0 Å². The molecule has 242 valence electrons. The monoisotopic (exact) mass is 644 g/mol. The summed E-state index contributed by atoms with van der Waals surface area (Å²) in [5.41, 5.74) is 13.1. The molecule has 0 saturated heterocycles. The summed E-state index contributed by atoms with van der Waals surface area (Å²) in [5.74, 6) is 0. The number of aromatic nitrogens is 2. The molecule has 0 spiro atoms. The van der Waals surface area contributed by atoms with E-state index in [1.807, 2.05) is 0 Å². The van der Waals surface area contributed by atoms with Gasteiger partial charge in [0.25, 0.3) is 0 Å². The van der Waals surface area contributed by atoms with Crippen LogP contribution in [0.3, 0.4) is 0 Å². The molecule has 0 N–H and O–H groups in total. The van der Waals surface area contributed by atoms with Gasteiger partial charge in [0.1, 0.15) is 0 Å². The highest BCUT2D eigenvalue weighted by Gasteiger charge is 2.38. The largest absolute Gasteiger partial charge is 0.309 e. The fourth-order valence-corrected chi connectivity index (χ4v) is 8.92. The number of hydrogen-bond acceptors (Lipinski definition) is 0. The number of para-hydroxylation sites is 1. The maximum atomic E-state index is 2.55. The summed E-state index contributed by atoms with van der Waals surface area (Å²) in [5, 5.41) is 7.76. The highest BCUT2D eigenvalue weighted by atomic mass is 15.0. The molecule has 7 aromatic carbocycles. The van der Waals surface area contributed by atoms with Crippen LogP contribution in [-0.2, 0) is 10.8 Å². The Morgan fingerprint density at radius 1 is 0.400 bits per heavy atom. The minimum absolute atomic E-state index is 0.124. The number of hydrogen-bond donors (Lipinski definition) is 0. The third-order valence-corrected chi connectivity index (χ3v) is 11.8. The molecule has 0 atom stereocenters. The molecule has 0 bridgehead atoms. The molecule has 0 fully saturated rings. The SMILES string of the molecule is CC1(C)CCC(C)(C)c2cc3c(cc21)c1cc2c(cc1n3-c1ccccc1)c1c3ccccc3ccc1n2-c1ccc(-c2ccccc2)cc1. The van der Waals surface area contributed by atoms with Gasteiger partial charge in [-0.3, -0.25) is 0 Å². The van der Waals surface area contributed by atoms with Gasteiger partial charge >= 0.3 is 0 Å². The zero-order chi connectivity index (χ0) is 33.8. The fourth-order valence-electron chi connectivity index (χ4n) is 8.92. The summed E-state index contributed by atoms with van der Waals surface area (Å²) in [6.45, 7) is 9.73. The molecule has 0 unspecified atom stereocenters. The number of nitrogens with zero attached hydrogens (tertiary/aromatic N) is 2. The molecule has 10 rings (SSSR count). The predicted molar refractivity (Wildman–Crippen MR) is 213 cm³/mol. The Bertz CT molecular complexity index is 2780. The molecule has 1 aliphatic rings. The van der Waals surface area contributed by atoms with Crippen LogP contribution < -0.4 is 0 Å². The summed E-state index contributed by atoms with van der Waals surface area (Å²) in [6.07, 6.45) is 2.39. The van der Waals surface area contributed by atoms with E-state index in [2.05, 4.69) is 182 Å². The summed E-state index contributed by atoms with van der Waals surface area (Å²) < 4.78 is 5.01. The lowest BCUT2D eigenvalue weighted by Gasteiger charge is -2.42. The van der Waals surface area contributed by atoms with E-state index in [1.165, 1.54) is 101 Å². The Morgan fingerprint density at radius 3 is 1.66 bits per heavy atom. The molecule has 0 saturated carbocycles. The molecular weight excluding hydrogens is 605 g/mol. The summed E-state index contributed by atoms with van der Waals surface area (Å²) >= 11 is 0. The van der Waals surface area contributed by atoms with Crippen molar-refractivity contribution in [1.29, 1.82) is 0 Å². The normalized spacial score (nSPS) is 15.4. The van der Waals surface area contributed by atoms with Crippen LogP contribution in [0.15, 0.2) is 146 Å². The van der Waals surface area contributed by atoms with Crippen molar-refractivity contribution in [2.45, 2.75) is 51.4 Å². The van der Waals surface area contributed by atoms with E-state index < -0.39 is 0 Å². The van der Waals surface area contributed by atoms with Gasteiger partial charge in [-0.15, -0.1) is 0 Å². The van der Waals surface area contributed by atoms with Crippen LogP contribution in [0.4, 0.5) is 0 Å². The fraction of sp³-hybridized carbons (Fsp3) is 0.167. The molecule has 1 aliphatic carbocycles. The summed E-state index contributed by atoms with van der Waals surface area (Å²) in [4.78, 5) is 0. The van der Waals surface area contributed by atoms with Crippen molar-refractivity contribution < 1.29 is 0 Å². The van der Waals surface area contributed by atoms with Crippen LogP contribution in [0.1, 0.15) is 51.7 Å². The lowest BCUT2D eigenvalue weighted by molar-refractivity contribution is 0.332. The first-order valence-electron chi connectivity index (χ1n) is 18.0. The predicted octanol–water partition coefficient (Wildman–Crippen LogP) is 13.0. The molecule has 0 aliphatic heterocycles. The van der Waals surface area contributed by atoms with Crippen molar-refractivity contribution in [3.05, 3.63) is 157 Å². The average Bonchev–Trinajstić information content (AvgIpc) is 3.64. The average molecular weight is 645 g/mol. The minimum atomic E-state index is 0.124. The van der Waals surface area contributed by atoms with Crippen LogP contribution in [-0.4, -0.2) is 9.13 Å². The Morgan fingerprint density at radius 2 is 0.920 bits per heavy atom. The Hall–Kier alpha value is -5.60. The van der Waals surface area contributed by atoms with Crippen molar-refractivity contribution in [1.82, 2.24) is 9.13 Å². The van der Waals surface area contributed by atoms with Gasteiger partial charge in [0.05, 0.1) is 22.1 Å². The van der Waals surface area contributed by atoms with Gasteiger partial charge in [-0.1, -0.05) is 119 Å². The topological polar surface area (TPSA) is 9.86 Å². The van der Waals surface area contributed by atoms with Crippen LogP contribution in [0.2, 0.25) is 0 Å². The van der Waals surface area contributed by atoms with E-state index >= 15 is 0 Å². The Labute approximate surface area is 293 Å². The second kappa shape index (κ2) is 10.5. The van der Waals surface area contributed by atoms with Crippen molar-refractivity contribution >= 4 is 54.4 Å². The number of fused-ring (bicyclic) bond motifs is 9. The Balaban J connectivity index is 1.35. The molecule has 2 nitrogen and oxygen atoms in total. The van der Waals surface area contributed by atoms with Crippen molar-refractivity contribution in [3.8, 4) is 22.5 Å². The molecule has 0 radical (unpaired) electrons. The van der Waals surface area contributed by atoms with Gasteiger partial charge in [-0.2, -0.15) is 0 Å². The first-order valence-corrected chi connectivity index (χ1v) is 18.0. The number of rotatable bonds is 3. The van der Waals surface area contributed by atoms with Gasteiger partial charge in [0.2, 0.25) is 0 Å². The van der Waals surface area contributed by atoms with E-state index in [9.17, 15) is 0 Å². The molecular formula is C48H40N2. The quantitative estimate of drug-likeness (QED) is 0.181. The summed E-state index contributed by atoms with van der Waals surface area (Å²) in [7, 11) is 0. The highest BCUT2D eigenvalue weighted by Crippen LogP contribution is 2.49. The van der Waals surface area contributed by atoms with Crippen molar-refractivity contribution in [2.24, 2.45) is 0 Å². The first kappa shape index (κ1) is 29.3. The van der Waals surface area contributed by atoms with E-state index in [4.69, 9.17) is 0 Å². The third kappa shape index (κ3) is 4.21. The Kier molecular flexibility index (Phi) is 6.13. The minimum Gasteiger partial charge on any atom is -0.309 e. The van der Waals surface area contributed by atoms with E-state index in [1.54, 1.807) is 0 Å². The van der Waals surface area contributed by atoms with Gasteiger partial charge in [-0.25, -0.2) is 0 Å². The van der Waals surface area contributed by atoms with Crippen LogP contribution in [0.25, 0.3) is 76.9 Å². The molecule has 2 heteroatoms. The van der Waals surface area contributed by atoms with Crippen LogP contribution in [0.5, 0.6) is 0 Å². The molecule has 0 amide bonds. The van der Waals surface area contributed by atoms with Crippen molar-refractivity contribution in [3.63, 3.8) is 0 Å². The molecule has 9 aromatic rings. The molecule has 2 heterocycles. The van der Waals surface area contributed by atoms with E-state index in [-0.39, 0.29) is 10.8 Å². The maximum absolute atomic E-state index is 2.55. The maximum Gasteiger partial charge on any atom is 0.0549 e. The van der Waals surface area contributed by atoms with Gasteiger partial charge < -0.3 is 9.13 Å². The zero-order valence-corrected chi connectivity index (χ0v) is 29.2. The second-order valence-corrected chi connectivity index (χ2v) is 15.7. The molecule has 2 aromatic heterocycles. The van der Waals surface area contributed by atoms with Crippen LogP contribution in [0, 0.1) is 0 Å². The smallest absolute Gasteiger partial charge is 0.0549 e. The highest BCUT2D eigenvalue weighted by molar-refractivity contribution is 6.25. The standard InChI is InChI=1S/C48H40N2/c1-47(2)25-26-48(3,4)41-30-45-37(27-40(41)47)38-28-44-39(29-43(38)50(45)34-16-9-6-10-17-34)46-36-18-12-11-15-33(36)21-24-42(46)49(44)35-22-19-32(20-23-35)31-13-7-5-8-14-31/h5-24,27-30H,25-26H2,1-4H3. The molecule has 50 heavy (non-hydrogen) atoms. The van der Waals surface area contributed by atoms with Gasteiger partial charge in [0, 0.05) is 32.9 Å². The van der Waals surface area contributed by atoms with E-state index in [0.717, 1.165) is 0 Å². The summed E-state index contributed by atoms with van der Waals surface area (Å²) in [6, 6.07) is 54.2. The zero-order valence-electron chi connectivity index (χ0n) is 29.2. The lowest BCUT2D eigenvalue weighted by atomic mass is 9.63. The first-order chi connectivity index (χ1) is 24.3. The lowest BCUT2D eigenvalue weighted by Crippen LogP contribution is -2.33.